The van der Waals surface area contributed by atoms with E-state index in [1.54, 1.807) is 18.5 Å². The zero-order valence-corrected chi connectivity index (χ0v) is 29.8. The number of aryl methyl sites for hydroxylation is 1. The average molecular weight is 669 g/mol. The molecular weight excluding hydrogens is 624 g/mol. The van der Waals surface area contributed by atoms with Gasteiger partial charge in [0, 0.05) is 64.1 Å². The van der Waals surface area contributed by atoms with E-state index in [1.807, 2.05) is 43.7 Å². The summed E-state index contributed by atoms with van der Waals surface area (Å²) in [5.41, 5.74) is 2.35. The van der Waals surface area contributed by atoms with Crippen molar-refractivity contribution in [3.63, 3.8) is 0 Å². The van der Waals surface area contributed by atoms with Crippen LogP contribution in [0, 0.1) is 6.92 Å². The van der Waals surface area contributed by atoms with Gasteiger partial charge >= 0.3 is 6.09 Å². The van der Waals surface area contributed by atoms with Crippen molar-refractivity contribution < 1.29 is 18.7 Å². The predicted octanol–water partition coefficient (Wildman–Crippen LogP) is 6.84. The number of halogens is 1. The van der Waals surface area contributed by atoms with E-state index in [4.69, 9.17) is 30.5 Å². The monoisotopic (exact) mass is 668 g/mol. The third kappa shape index (κ3) is 6.43. The van der Waals surface area contributed by atoms with Crippen molar-refractivity contribution in [2.45, 2.75) is 110 Å². The van der Waals surface area contributed by atoms with Crippen molar-refractivity contribution in [2.24, 2.45) is 7.05 Å². The van der Waals surface area contributed by atoms with Gasteiger partial charge in [0.25, 0.3) is 5.56 Å². The molecule has 2 fully saturated rings. The molecule has 2 aliphatic heterocycles. The SMILES string of the molecule is Cc1nc2ccc(-c3cn(COCC[Si](C)(C)C)c4nc(N5[C@@H]6CC[C@H]5C[C@@H](NC(=O)OC(C)(C)C)C6)n(C)c(=O)c34)c(Cl)c2o1. The standard InChI is InChI=1S/C33H45ClN6O5Si/c1-19-35-25-12-11-23(27(34)28(25)44-19)24-17-39(18-43-13-14-46(6,7)8)29-26(24)30(41)38(5)31(37-29)40-21-9-10-22(40)16-20(15-21)36-32(42)45-33(2,3)4/h11-12,17,20-22H,9-10,13-16,18H2,1-8H3,(H,36,42)/t20-,21+,22-. The minimum atomic E-state index is -1.29. The minimum absolute atomic E-state index is 0.00336. The van der Waals surface area contributed by atoms with Gasteiger partial charge in [-0.1, -0.05) is 37.3 Å². The molecule has 0 saturated carbocycles. The maximum absolute atomic E-state index is 14.3. The molecule has 3 atom stereocenters. The molecule has 2 bridgehead atoms. The van der Waals surface area contributed by atoms with E-state index in [0.717, 1.165) is 31.7 Å². The number of oxazole rings is 1. The number of rotatable bonds is 8. The van der Waals surface area contributed by atoms with Crippen LogP contribution in [-0.2, 0) is 23.3 Å². The Morgan fingerprint density at radius 3 is 2.48 bits per heavy atom. The fourth-order valence-electron chi connectivity index (χ4n) is 6.75. The zero-order chi connectivity index (χ0) is 33.1. The highest BCUT2D eigenvalue weighted by Gasteiger charge is 2.43. The van der Waals surface area contributed by atoms with Gasteiger partial charge in [0.05, 0.1) is 10.4 Å². The van der Waals surface area contributed by atoms with Crippen LogP contribution < -0.4 is 15.8 Å². The lowest BCUT2D eigenvalue weighted by atomic mass is 9.98. The Labute approximate surface area is 275 Å². The number of anilines is 1. The molecule has 0 radical (unpaired) electrons. The molecule has 1 amide bonds. The summed E-state index contributed by atoms with van der Waals surface area (Å²) in [6.07, 6.45) is 4.95. The third-order valence-corrected chi connectivity index (χ3v) is 11.0. The number of aromatic nitrogens is 4. The van der Waals surface area contributed by atoms with Crippen LogP contribution in [0.25, 0.3) is 33.3 Å². The molecule has 46 heavy (non-hydrogen) atoms. The summed E-state index contributed by atoms with van der Waals surface area (Å²) in [6.45, 7) is 15.2. The Kier molecular flexibility index (Phi) is 8.52. The maximum atomic E-state index is 14.3. The molecule has 1 aromatic carbocycles. The first-order valence-corrected chi connectivity index (χ1v) is 20.2. The molecule has 4 aromatic rings. The largest absolute Gasteiger partial charge is 0.444 e. The Balaban J connectivity index is 1.38. The lowest BCUT2D eigenvalue weighted by molar-refractivity contribution is 0.0492. The quantitative estimate of drug-likeness (QED) is 0.160. The second-order valence-corrected chi connectivity index (χ2v) is 20.9. The van der Waals surface area contributed by atoms with E-state index < -0.39 is 19.8 Å². The molecule has 2 saturated heterocycles. The van der Waals surface area contributed by atoms with Crippen molar-refractivity contribution in [1.82, 2.24) is 24.4 Å². The first kappa shape index (κ1) is 32.6. The van der Waals surface area contributed by atoms with Gasteiger partial charge in [-0.3, -0.25) is 9.36 Å². The van der Waals surface area contributed by atoms with Gasteiger partial charge in [-0.15, -0.1) is 0 Å². The minimum Gasteiger partial charge on any atom is -0.444 e. The topological polar surface area (TPSA) is 117 Å². The molecule has 0 aliphatic carbocycles. The first-order chi connectivity index (χ1) is 21.6. The Bertz CT molecular complexity index is 1840. The fraction of sp³-hybridized carbons (Fsp3) is 0.576. The van der Waals surface area contributed by atoms with E-state index in [2.05, 4.69) is 34.8 Å². The number of nitrogens with zero attached hydrogens (tertiary/aromatic N) is 5. The lowest BCUT2D eigenvalue weighted by Crippen LogP contribution is -2.52. The van der Waals surface area contributed by atoms with Crippen LogP contribution in [0.5, 0.6) is 0 Å². The number of hydrogen-bond acceptors (Lipinski definition) is 8. The number of carbonyl (C=O) groups is 1. The molecule has 5 heterocycles. The lowest BCUT2D eigenvalue weighted by Gasteiger charge is -2.40. The van der Waals surface area contributed by atoms with E-state index in [9.17, 15) is 9.59 Å². The molecule has 3 aromatic heterocycles. The van der Waals surface area contributed by atoms with Crippen molar-refractivity contribution in [3.05, 3.63) is 39.6 Å². The highest BCUT2D eigenvalue weighted by Crippen LogP contribution is 2.41. The van der Waals surface area contributed by atoms with Gasteiger partial charge in [-0.25, -0.2) is 9.78 Å². The highest BCUT2D eigenvalue weighted by molar-refractivity contribution is 6.76. The maximum Gasteiger partial charge on any atom is 0.407 e. The van der Waals surface area contributed by atoms with E-state index in [1.165, 1.54) is 0 Å². The first-order valence-electron chi connectivity index (χ1n) is 16.1. The van der Waals surface area contributed by atoms with Gasteiger partial charge in [0.1, 0.15) is 17.8 Å². The molecule has 2 aliphatic rings. The molecule has 248 valence electrons. The van der Waals surface area contributed by atoms with Crippen molar-refractivity contribution in [1.29, 1.82) is 0 Å². The Hall–Kier alpha value is -3.35. The number of amides is 1. The second-order valence-electron chi connectivity index (χ2n) is 15.0. The van der Waals surface area contributed by atoms with E-state index in [-0.39, 0.29) is 30.4 Å². The van der Waals surface area contributed by atoms with Crippen LogP contribution in [0.1, 0.15) is 52.3 Å². The summed E-state index contributed by atoms with van der Waals surface area (Å²) in [5, 5.41) is 3.96. The summed E-state index contributed by atoms with van der Waals surface area (Å²) >= 11 is 6.91. The normalized spacial score (nSPS) is 20.2. The molecule has 1 N–H and O–H groups in total. The zero-order valence-electron chi connectivity index (χ0n) is 28.1. The van der Waals surface area contributed by atoms with Gasteiger partial charge in [-0.2, -0.15) is 4.98 Å². The molecule has 11 nitrogen and oxygen atoms in total. The van der Waals surface area contributed by atoms with Crippen LogP contribution >= 0.6 is 11.6 Å². The van der Waals surface area contributed by atoms with Crippen LogP contribution in [0.15, 0.2) is 27.5 Å². The molecular formula is C33H45ClN6O5Si. The predicted molar refractivity (Wildman–Crippen MR) is 184 cm³/mol. The molecule has 13 heteroatoms. The number of carbonyl (C=O) groups excluding carboxylic acids is 1. The number of ether oxygens (including phenoxy) is 2. The summed E-state index contributed by atoms with van der Waals surface area (Å²) in [7, 11) is 0.492. The Morgan fingerprint density at radius 1 is 1.13 bits per heavy atom. The molecule has 0 unspecified atom stereocenters. The van der Waals surface area contributed by atoms with Gasteiger partial charge in [0.2, 0.25) is 5.95 Å². The summed E-state index contributed by atoms with van der Waals surface area (Å²) in [4.78, 5) is 38.7. The van der Waals surface area contributed by atoms with Gasteiger partial charge in [-0.05, 0) is 58.6 Å². The average Bonchev–Trinajstić information content (AvgIpc) is 3.58. The van der Waals surface area contributed by atoms with Crippen LogP contribution in [0.4, 0.5) is 10.7 Å². The van der Waals surface area contributed by atoms with Crippen LogP contribution in [-0.4, -0.2) is 63.6 Å². The fourth-order valence-corrected chi connectivity index (χ4v) is 7.81. The number of alkyl carbamates (subject to hydrolysis) is 1. The highest BCUT2D eigenvalue weighted by atomic mass is 35.5. The van der Waals surface area contributed by atoms with Gasteiger partial charge < -0.3 is 28.7 Å². The van der Waals surface area contributed by atoms with Crippen molar-refractivity contribution in [3.8, 4) is 11.1 Å². The van der Waals surface area contributed by atoms with Crippen molar-refractivity contribution in [2.75, 3.05) is 11.5 Å². The summed E-state index contributed by atoms with van der Waals surface area (Å²) in [5.74, 6) is 1.15. The number of benzene rings is 1. The van der Waals surface area contributed by atoms with E-state index >= 15 is 0 Å². The molecule has 6 rings (SSSR count). The van der Waals surface area contributed by atoms with Crippen LogP contribution in [0.2, 0.25) is 30.7 Å². The van der Waals surface area contributed by atoms with Crippen molar-refractivity contribution >= 4 is 53.8 Å². The summed E-state index contributed by atoms with van der Waals surface area (Å²) in [6, 6.07) is 5.04. The second kappa shape index (κ2) is 12.0. The Morgan fingerprint density at radius 2 is 1.83 bits per heavy atom. The van der Waals surface area contributed by atoms with E-state index in [0.29, 0.717) is 56.7 Å². The van der Waals surface area contributed by atoms with Gasteiger partial charge in [0.15, 0.2) is 17.1 Å². The number of hydrogen-bond donors (Lipinski definition) is 1. The molecule has 0 spiro atoms. The summed E-state index contributed by atoms with van der Waals surface area (Å²) < 4.78 is 21.1. The number of piperidine rings is 1. The number of fused-ring (bicyclic) bond motifs is 4. The smallest absolute Gasteiger partial charge is 0.407 e. The third-order valence-electron chi connectivity index (χ3n) is 8.88. The number of nitrogens with one attached hydrogen (secondary N) is 1. The van der Waals surface area contributed by atoms with Crippen LogP contribution in [0.3, 0.4) is 0 Å².